The van der Waals surface area contributed by atoms with Crippen molar-refractivity contribution in [2.24, 2.45) is 5.92 Å². The summed E-state index contributed by atoms with van der Waals surface area (Å²) < 4.78 is 0. The number of unbranched alkanes of at least 4 members (excludes halogenated alkanes) is 2. The highest BCUT2D eigenvalue weighted by molar-refractivity contribution is 6.64. The van der Waals surface area contributed by atoms with E-state index in [2.05, 4.69) is 82.3 Å². The van der Waals surface area contributed by atoms with Crippen molar-refractivity contribution in [3.05, 3.63) is 82.1 Å². The van der Waals surface area contributed by atoms with Crippen LogP contribution in [0.3, 0.4) is 0 Å². The molecule has 0 radical (unpaired) electrons. The molecule has 0 bridgehead atoms. The van der Waals surface area contributed by atoms with Crippen molar-refractivity contribution in [3.8, 4) is 0 Å². The molecule has 0 fully saturated rings. The first-order valence-electron chi connectivity index (χ1n) is 10.1. The Morgan fingerprint density at radius 2 is 1.62 bits per heavy atom. The normalized spacial score (nSPS) is 17.0. The van der Waals surface area contributed by atoms with Crippen LogP contribution in [0.25, 0.3) is 5.57 Å². The van der Waals surface area contributed by atoms with Gasteiger partial charge < -0.3 is 0 Å². The molecule has 0 saturated heterocycles. The molecule has 26 heavy (non-hydrogen) atoms. The van der Waals surface area contributed by atoms with Gasteiger partial charge in [0.1, 0.15) is 0 Å². The number of hydrogen-bond acceptors (Lipinski definition) is 0. The van der Waals surface area contributed by atoms with E-state index >= 15 is 0 Å². The van der Waals surface area contributed by atoms with E-state index in [-0.39, 0.29) is 0 Å². The lowest BCUT2D eigenvalue weighted by Crippen LogP contribution is -2.23. The molecule has 0 heterocycles. The van der Waals surface area contributed by atoms with Crippen molar-refractivity contribution >= 4 is 20.3 Å². The summed E-state index contributed by atoms with van der Waals surface area (Å²) in [5.41, 5.74) is 7.40. The van der Waals surface area contributed by atoms with Gasteiger partial charge >= 0.3 is 0 Å². The van der Waals surface area contributed by atoms with Crippen LogP contribution in [0.5, 0.6) is 0 Å². The van der Waals surface area contributed by atoms with Gasteiger partial charge in [-0.15, -0.1) is 0 Å². The highest BCUT2D eigenvalue weighted by Gasteiger charge is 2.22. The van der Waals surface area contributed by atoms with Gasteiger partial charge in [-0.25, -0.2) is 0 Å². The van der Waals surface area contributed by atoms with Gasteiger partial charge in [0.25, 0.3) is 0 Å². The van der Waals surface area contributed by atoms with Crippen molar-refractivity contribution in [1.29, 1.82) is 0 Å². The minimum absolute atomic E-state index is 0.468. The Morgan fingerprint density at radius 1 is 0.923 bits per heavy atom. The minimum atomic E-state index is -0.468. The van der Waals surface area contributed by atoms with Gasteiger partial charge in [0.05, 0.1) is 9.52 Å². The van der Waals surface area contributed by atoms with Crippen molar-refractivity contribution in [3.63, 3.8) is 0 Å². The summed E-state index contributed by atoms with van der Waals surface area (Å²) in [6, 6.07) is 15.8. The topological polar surface area (TPSA) is 0 Å². The predicted octanol–water partition coefficient (Wildman–Crippen LogP) is 5.58. The molecule has 0 aliphatic heterocycles. The van der Waals surface area contributed by atoms with E-state index in [9.17, 15) is 0 Å². The average molecular weight is 361 g/mol. The maximum absolute atomic E-state index is 2.49. The Labute approximate surface area is 161 Å². The predicted molar refractivity (Wildman–Crippen MR) is 119 cm³/mol. The molecule has 0 saturated carbocycles. The number of rotatable bonds is 7. The second-order valence-corrected chi connectivity index (χ2v) is 9.64. The Morgan fingerprint density at radius 3 is 2.27 bits per heavy atom. The molecule has 0 N–H and O–H groups in total. The molecular formula is C25H32Si. The van der Waals surface area contributed by atoms with Crippen LogP contribution in [0.15, 0.2) is 59.8 Å². The van der Waals surface area contributed by atoms with Gasteiger partial charge in [-0.2, -0.15) is 0 Å². The van der Waals surface area contributed by atoms with Gasteiger partial charge in [0.2, 0.25) is 0 Å². The van der Waals surface area contributed by atoms with Crippen LogP contribution in [0.4, 0.5) is 0 Å². The zero-order valence-corrected chi connectivity index (χ0v) is 18.2. The van der Waals surface area contributed by atoms with E-state index in [1.807, 2.05) is 0 Å². The van der Waals surface area contributed by atoms with E-state index in [0.29, 0.717) is 5.92 Å². The molecule has 0 amide bonds. The van der Waals surface area contributed by atoms with E-state index < -0.39 is 9.52 Å². The molecule has 2 aromatic rings. The Kier molecular flexibility index (Phi) is 6.32. The average Bonchev–Trinajstić information content (AvgIpc) is 3.01. The molecule has 0 spiro atoms. The second-order valence-electron chi connectivity index (χ2n) is 7.82. The summed E-state index contributed by atoms with van der Waals surface area (Å²) in [6.07, 6.45) is 10.2. The minimum Gasteiger partial charge on any atom is -0.0771 e. The van der Waals surface area contributed by atoms with Crippen LogP contribution < -0.4 is 5.19 Å². The third-order valence-corrected chi connectivity index (χ3v) is 8.12. The van der Waals surface area contributed by atoms with Crippen LogP contribution in [0, 0.1) is 26.7 Å². The quantitative estimate of drug-likeness (QED) is 0.446. The van der Waals surface area contributed by atoms with Crippen molar-refractivity contribution in [1.82, 2.24) is 0 Å². The molecule has 1 heteroatoms. The van der Waals surface area contributed by atoms with Crippen LogP contribution in [0.2, 0.25) is 0 Å². The Balaban J connectivity index is 1.96. The van der Waals surface area contributed by atoms with Crippen LogP contribution in [-0.2, 0) is 0 Å². The SMILES string of the molecule is CCCCCC1C=CC([SiH2]c2c(C)cc(C)cc2C)=C1c1ccccc1. The highest BCUT2D eigenvalue weighted by atomic mass is 28.2. The summed E-state index contributed by atoms with van der Waals surface area (Å²) in [6.45, 7) is 9.09. The van der Waals surface area contributed by atoms with Gasteiger partial charge in [-0.05, 0) is 38.3 Å². The van der Waals surface area contributed by atoms with Gasteiger partial charge in [0, 0.05) is 5.92 Å². The van der Waals surface area contributed by atoms with Gasteiger partial charge in [-0.1, -0.05) is 108 Å². The van der Waals surface area contributed by atoms with Crippen LogP contribution in [0.1, 0.15) is 54.9 Å². The maximum atomic E-state index is 2.49. The second kappa shape index (κ2) is 8.68. The van der Waals surface area contributed by atoms with Crippen LogP contribution in [-0.4, -0.2) is 9.52 Å². The van der Waals surface area contributed by atoms with Gasteiger partial charge in [-0.3, -0.25) is 0 Å². The van der Waals surface area contributed by atoms with E-state index in [4.69, 9.17) is 0 Å². The molecule has 1 aliphatic carbocycles. The summed E-state index contributed by atoms with van der Waals surface area (Å²) in [4.78, 5) is 0. The number of aryl methyl sites for hydroxylation is 3. The molecule has 1 atom stereocenters. The molecule has 2 aromatic carbocycles. The summed E-state index contributed by atoms with van der Waals surface area (Å²) in [7, 11) is -0.468. The fraction of sp³-hybridized carbons (Fsp3) is 0.360. The summed E-state index contributed by atoms with van der Waals surface area (Å²) >= 11 is 0. The van der Waals surface area contributed by atoms with Crippen LogP contribution >= 0.6 is 0 Å². The number of hydrogen-bond donors (Lipinski definition) is 0. The Hall–Kier alpha value is -1.86. The fourth-order valence-corrected chi connectivity index (χ4v) is 6.42. The molecular weight excluding hydrogens is 328 g/mol. The number of allylic oxidation sites excluding steroid dienone is 4. The lowest BCUT2D eigenvalue weighted by Gasteiger charge is -2.18. The lowest BCUT2D eigenvalue weighted by atomic mass is 9.91. The molecule has 0 nitrogen and oxygen atoms in total. The van der Waals surface area contributed by atoms with E-state index in [1.165, 1.54) is 47.9 Å². The first kappa shape index (κ1) is 18.9. The van der Waals surface area contributed by atoms with Crippen molar-refractivity contribution in [2.45, 2.75) is 53.4 Å². The third kappa shape index (κ3) is 4.27. The Bertz CT molecular complexity index is 788. The molecule has 3 rings (SSSR count). The zero-order valence-electron chi connectivity index (χ0n) is 16.8. The lowest BCUT2D eigenvalue weighted by molar-refractivity contribution is 0.623. The third-order valence-electron chi connectivity index (χ3n) is 5.66. The molecule has 136 valence electrons. The summed E-state index contributed by atoms with van der Waals surface area (Å²) in [5, 5.41) is 3.28. The smallest absolute Gasteiger partial charge is 0.0771 e. The molecule has 1 unspecified atom stereocenters. The van der Waals surface area contributed by atoms with Crippen molar-refractivity contribution in [2.75, 3.05) is 0 Å². The standard InChI is InChI=1S/C25H32Si/c1-5-6-8-11-22-14-15-23(24(22)21-12-9-7-10-13-21)26-25-19(3)16-18(2)17-20(25)4/h7,9-10,12-17,22H,5-6,8,11,26H2,1-4H3. The monoisotopic (exact) mass is 360 g/mol. The zero-order chi connectivity index (χ0) is 18.5. The van der Waals surface area contributed by atoms with Gasteiger partial charge in [0.15, 0.2) is 0 Å². The molecule has 0 aromatic heterocycles. The first-order chi connectivity index (χ1) is 12.6. The van der Waals surface area contributed by atoms with Crippen molar-refractivity contribution < 1.29 is 0 Å². The first-order valence-corrected chi connectivity index (χ1v) is 11.5. The van der Waals surface area contributed by atoms with E-state index in [0.717, 1.165) is 0 Å². The summed E-state index contributed by atoms with van der Waals surface area (Å²) in [5.74, 6) is 0.609. The maximum Gasteiger partial charge on any atom is 0.0886 e. The molecule has 1 aliphatic rings. The largest absolute Gasteiger partial charge is 0.0886 e. The van der Waals surface area contributed by atoms with E-state index in [1.54, 1.807) is 16.0 Å². The highest BCUT2D eigenvalue weighted by Crippen LogP contribution is 2.36. The number of benzene rings is 2. The fourth-order valence-electron chi connectivity index (χ4n) is 4.36.